The fourth-order valence-electron chi connectivity index (χ4n) is 2.55. The fourth-order valence-corrected chi connectivity index (χ4v) is 2.55. The van der Waals surface area contributed by atoms with Crippen LogP contribution in [0.1, 0.15) is 5.56 Å². The van der Waals surface area contributed by atoms with Gasteiger partial charge in [-0.1, -0.05) is 12.1 Å². The van der Waals surface area contributed by atoms with Crippen LogP contribution in [0.3, 0.4) is 0 Å². The van der Waals surface area contributed by atoms with E-state index in [0.717, 1.165) is 44.5 Å². The maximum atomic E-state index is 11.5. The highest BCUT2D eigenvalue weighted by Gasteiger charge is 2.09. The monoisotopic (exact) mass is 258 g/mol. The van der Waals surface area contributed by atoms with E-state index in [2.05, 4.69) is 16.3 Å². The minimum atomic E-state index is -0.258. The Hall–Kier alpha value is -1.65. The molecule has 3 rings (SSSR count). The second kappa shape index (κ2) is 5.55. The first-order valence-corrected chi connectivity index (χ1v) is 6.76. The number of hydrogen-bond donors (Lipinski definition) is 1. The number of benzene rings is 1. The van der Waals surface area contributed by atoms with E-state index in [-0.39, 0.29) is 5.63 Å². The highest BCUT2D eigenvalue weighted by Crippen LogP contribution is 2.13. The largest absolute Gasteiger partial charge is 0.431 e. The van der Waals surface area contributed by atoms with Crippen LogP contribution in [0.5, 0.6) is 0 Å². The molecule has 1 aliphatic rings. The molecule has 4 nitrogen and oxygen atoms in total. The second-order valence-corrected chi connectivity index (χ2v) is 4.97. The molecule has 0 spiro atoms. The predicted molar refractivity (Wildman–Crippen MR) is 75.5 cm³/mol. The standard InChI is InChI=1S/C15H18N2O2/c18-15-14-2-1-12(11-13(14)4-10-19-15)3-7-17-8-5-16-6-9-17/h1-2,4,10-11,16H,3,5-9H2. The average molecular weight is 258 g/mol. The lowest BCUT2D eigenvalue weighted by molar-refractivity contribution is 0.244. The predicted octanol–water partition coefficient (Wildman–Crippen LogP) is 1.24. The Bertz CT molecular complexity index is 615. The van der Waals surface area contributed by atoms with Gasteiger partial charge < -0.3 is 14.6 Å². The molecule has 0 atom stereocenters. The molecule has 0 radical (unpaired) electrons. The van der Waals surface area contributed by atoms with E-state index >= 15 is 0 Å². The molecule has 0 unspecified atom stereocenters. The van der Waals surface area contributed by atoms with Gasteiger partial charge in [-0.2, -0.15) is 0 Å². The zero-order valence-corrected chi connectivity index (χ0v) is 10.9. The van der Waals surface area contributed by atoms with Crippen LogP contribution >= 0.6 is 0 Å². The molecule has 2 heterocycles. The van der Waals surface area contributed by atoms with E-state index in [4.69, 9.17) is 4.42 Å². The van der Waals surface area contributed by atoms with Crippen molar-refractivity contribution < 1.29 is 4.42 Å². The van der Waals surface area contributed by atoms with Crippen LogP contribution in [0.4, 0.5) is 0 Å². The summed E-state index contributed by atoms with van der Waals surface area (Å²) in [6.07, 6.45) is 2.49. The van der Waals surface area contributed by atoms with E-state index in [1.165, 1.54) is 11.8 Å². The molecule has 1 saturated heterocycles. The van der Waals surface area contributed by atoms with Gasteiger partial charge >= 0.3 is 5.63 Å². The highest BCUT2D eigenvalue weighted by molar-refractivity contribution is 5.81. The molecule has 0 saturated carbocycles. The summed E-state index contributed by atoms with van der Waals surface area (Å²) < 4.78 is 4.86. The second-order valence-electron chi connectivity index (χ2n) is 4.97. The summed E-state index contributed by atoms with van der Waals surface area (Å²) in [4.78, 5) is 14.0. The van der Waals surface area contributed by atoms with Gasteiger partial charge in [0.1, 0.15) is 0 Å². The molecule has 0 bridgehead atoms. The molecular weight excluding hydrogens is 240 g/mol. The van der Waals surface area contributed by atoms with Crippen LogP contribution in [-0.4, -0.2) is 37.6 Å². The zero-order valence-electron chi connectivity index (χ0n) is 10.9. The van der Waals surface area contributed by atoms with Crippen molar-refractivity contribution in [3.8, 4) is 0 Å². The molecule has 100 valence electrons. The number of hydrogen-bond acceptors (Lipinski definition) is 4. The molecule has 19 heavy (non-hydrogen) atoms. The van der Waals surface area contributed by atoms with Crippen molar-refractivity contribution in [2.75, 3.05) is 32.7 Å². The van der Waals surface area contributed by atoms with E-state index in [1.807, 2.05) is 18.2 Å². The van der Waals surface area contributed by atoms with Crippen molar-refractivity contribution in [3.63, 3.8) is 0 Å². The topological polar surface area (TPSA) is 45.5 Å². The normalized spacial score (nSPS) is 16.8. The molecule has 0 aliphatic carbocycles. The summed E-state index contributed by atoms with van der Waals surface area (Å²) in [6.45, 7) is 5.49. The van der Waals surface area contributed by atoms with Crippen LogP contribution in [0, 0.1) is 0 Å². The third kappa shape index (κ3) is 2.85. The van der Waals surface area contributed by atoms with Gasteiger partial charge in [-0.3, -0.25) is 0 Å². The van der Waals surface area contributed by atoms with Gasteiger partial charge in [0.05, 0.1) is 11.6 Å². The summed E-state index contributed by atoms with van der Waals surface area (Å²) in [6, 6.07) is 7.84. The summed E-state index contributed by atoms with van der Waals surface area (Å²) in [5.74, 6) is 0. The Morgan fingerprint density at radius 1 is 1.21 bits per heavy atom. The fraction of sp³-hybridized carbons (Fsp3) is 0.400. The minimum Gasteiger partial charge on any atom is -0.431 e. The smallest absolute Gasteiger partial charge is 0.343 e. The van der Waals surface area contributed by atoms with Crippen molar-refractivity contribution >= 4 is 10.8 Å². The molecule has 1 aromatic carbocycles. The number of rotatable bonds is 3. The van der Waals surface area contributed by atoms with Crippen molar-refractivity contribution in [1.82, 2.24) is 10.2 Å². The molecule has 1 fully saturated rings. The van der Waals surface area contributed by atoms with Gasteiger partial charge in [0.15, 0.2) is 0 Å². The van der Waals surface area contributed by atoms with Gasteiger partial charge in [0.25, 0.3) is 0 Å². The van der Waals surface area contributed by atoms with Crippen LogP contribution in [-0.2, 0) is 6.42 Å². The SMILES string of the molecule is O=c1occc2cc(CCN3CCNCC3)ccc12. The summed E-state index contributed by atoms with van der Waals surface area (Å²) in [5, 5.41) is 4.98. The summed E-state index contributed by atoms with van der Waals surface area (Å²) >= 11 is 0. The van der Waals surface area contributed by atoms with E-state index in [1.54, 1.807) is 0 Å². The van der Waals surface area contributed by atoms with E-state index in [0.29, 0.717) is 5.39 Å². The summed E-state index contributed by atoms with van der Waals surface area (Å²) in [5.41, 5.74) is 1.02. The molecule has 1 N–H and O–H groups in total. The van der Waals surface area contributed by atoms with Gasteiger partial charge in [-0.15, -0.1) is 0 Å². The Balaban J connectivity index is 1.72. The van der Waals surface area contributed by atoms with Crippen LogP contribution in [0.2, 0.25) is 0 Å². The highest BCUT2D eigenvalue weighted by atomic mass is 16.4. The quantitative estimate of drug-likeness (QED) is 0.899. The maximum absolute atomic E-state index is 11.5. The number of nitrogens with zero attached hydrogens (tertiary/aromatic N) is 1. The Morgan fingerprint density at radius 2 is 2.05 bits per heavy atom. The lowest BCUT2D eigenvalue weighted by Gasteiger charge is -2.27. The molecule has 0 amide bonds. The first-order valence-electron chi connectivity index (χ1n) is 6.76. The van der Waals surface area contributed by atoms with Crippen molar-refractivity contribution in [2.24, 2.45) is 0 Å². The van der Waals surface area contributed by atoms with Gasteiger partial charge in [0.2, 0.25) is 0 Å². The molecule has 4 heteroatoms. The first-order chi connectivity index (χ1) is 9.33. The third-order valence-corrected chi connectivity index (χ3v) is 3.68. The van der Waals surface area contributed by atoms with Crippen LogP contribution < -0.4 is 10.9 Å². The Morgan fingerprint density at radius 3 is 2.89 bits per heavy atom. The van der Waals surface area contributed by atoms with Crippen molar-refractivity contribution in [2.45, 2.75) is 6.42 Å². The van der Waals surface area contributed by atoms with E-state index < -0.39 is 0 Å². The third-order valence-electron chi connectivity index (χ3n) is 3.68. The van der Waals surface area contributed by atoms with Crippen molar-refractivity contribution in [1.29, 1.82) is 0 Å². The average Bonchev–Trinajstić information content (AvgIpc) is 2.46. The number of piperazine rings is 1. The van der Waals surface area contributed by atoms with Gasteiger partial charge in [0, 0.05) is 32.7 Å². The maximum Gasteiger partial charge on any atom is 0.343 e. The van der Waals surface area contributed by atoms with E-state index in [9.17, 15) is 4.79 Å². The Labute approximate surface area is 112 Å². The number of nitrogens with one attached hydrogen (secondary N) is 1. The molecule has 1 aliphatic heterocycles. The van der Waals surface area contributed by atoms with Crippen molar-refractivity contribution in [3.05, 3.63) is 46.5 Å². The van der Waals surface area contributed by atoms with Gasteiger partial charge in [-0.25, -0.2) is 4.79 Å². The molecular formula is C15H18N2O2. The lowest BCUT2D eigenvalue weighted by atomic mass is 10.1. The minimum absolute atomic E-state index is 0.258. The number of fused-ring (bicyclic) bond motifs is 1. The first kappa shape index (κ1) is 12.4. The van der Waals surface area contributed by atoms with Gasteiger partial charge in [-0.05, 0) is 29.5 Å². The Kier molecular flexibility index (Phi) is 3.62. The van der Waals surface area contributed by atoms with Crippen LogP contribution in [0.15, 0.2) is 39.7 Å². The lowest BCUT2D eigenvalue weighted by Crippen LogP contribution is -2.44. The molecule has 2 aromatic rings. The zero-order chi connectivity index (χ0) is 13.1. The molecule has 1 aromatic heterocycles. The van der Waals surface area contributed by atoms with Crippen LogP contribution in [0.25, 0.3) is 10.8 Å². The summed E-state index contributed by atoms with van der Waals surface area (Å²) in [7, 11) is 0.